The van der Waals surface area contributed by atoms with Crippen LogP contribution in [0.3, 0.4) is 0 Å². The van der Waals surface area contributed by atoms with E-state index in [1.807, 2.05) is 6.92 Å². The number of nitrogens with zero attached hydrogens (tertiary/aromatic N) is 3. The van der Waals surface area contributed by atoms with Gasteiger partial charge < -0.3 is 4.90 Å². The van der Waals surface area contributed by atoms with Gasteiger partial charge in [0.1, 0.15) is 0 Å². The monoisotopic (exact) mass is 335 g/mol. The molecule has 0 aliphatic carbocycles. The highest BCUT2D eigenvalue weighted by molar-refractivity contribution is 9.10. The van der Waals surface area contributed by atoms with Gasteiger partial charge in [-0.25, -0.2) is 0 Å². The van der Waals surface area contributed by atoms with Crippen LogP contribution in [0.4, 0.5) is 0 Å². The number of likely N-dealkylation sites (N-methyl/N-ethyl adjacent to an activating group) is 1. The molecule has 0 aliphatic rings. The first-order chi connectivity index (χ1) is 9.61. The van der Waals surface area contributed by atoms with E-state index in [2.05, 4.69) is 74.9 Å². The summed E-state index contributed by atoms with van der Waals surface area (Å²) in [7, 11) is 2.16. The highest BCUT2D eigenvalue weighted by Gasteiger charge is 2.13. The third-order valence-corrected chi connectivity index (χ3v) is 4.53. The van der Waals surface area contributed by atoms with Crippen LogP contribution in [0.15, 0.2) is 34.8 Å². The van der Waals surface area contributed by atoms with Crippen LogP contribution >= 0.6 is 15.9 Å². The number of rotatable bonds is 6. The summed E-state index contributed by atoms with van der Waals surface area (Å²) in [4.78, 5) is 2.35. The van der Waals surface area contributed by atoms with Crippen LogP contribution < -0.4 is 0 Å². The van der Waals surface area contributed by atoms with E-state index >= 15 is 0 Å². The Morgan fingerprint density at radius 2 is 1.95 bits per heavy atom. The van der Waals surface area contributed by atoms with Gasteiger partial charge in [-0.2, -0.15) is 5.10 Å². The molecule has 0 unspecified atom stereocenters. The van der Waals surface area contributed by atoms with Crippen molar-refractivity contribution >= 4 is 15.9 Å². The van der Waals surface area contributed by atoms with Crippen LogP contribution in [0, 0.1) is 6.92 Å². The summed E-state index contributed by atoms with van der Waals surface area (Å²) >= 11 is 3.66. The molecule has 0 aliphatic heterocycles. The molecule has 1 heterocycles. The Hall–Kier alpha value is -1.13. The predicted molar refractivity (Wildman–Crippen MR) is 86.8 cm³/mol. The van der Waals surface area contributed by atoms with Crippen molar-refractivity contribution in [3.63, 3.8) is 0 Å². The normalized spacial score (nSPS) is 11.2. The molecule has 0 radical (unpaired) electrons. The summed E-state index contributed by atoms with van der Waals surface area (Å²) in [5, 5.41) is 4.54. The molecule has 2 rings (SSSR count). The molecule has 20 heavy (non-hydrogen) atoms. The lowest BCUT2D eigenvalue weighted by molar-refractivity contribution is 0.318. The molecule has 1 aromatic heterocycles. The molecule has 0 spiro atoms. The zero-order valence-electron chi connectivity index (χ0n) is 12.4. The van der Waals surface area contributed by atoms with Crippen molar-refractivity contribution in [2.24, 2.45) is 0 Å². The Labute approximate surface area is 129 Å². The topological polar surface area (TPSA) is 21.1 Å². The molecule has 4 heteroatoms. The van der Waals surface area contributed by atoms with Crippen LogP contribution in [0.25, 0.3) is 0 Å². The van der Waals surface area contributed by atoms with E-state index in [1.54, 1.807) is 0 Å². The molecule has 3 nitrogen and oxygen atoms in total. The zero-order valence-corrected chi connectivity index (χ0v) is 14.0. The van der Waals surface area contributed by atoms with Crippen LogP contribution in [-0.2, 0) is 19.5 Å². The lowest BCUT2D eigenvalue weighted by atomic mass is 10.1. The highest BCUT2D eigenvalue weighted by atomic mass is 79.9. The maximum Gasteiger partial charge on any atom is 0.0739 e. The first-order valence-electron chi connectivity index (χ1n) is 7.06. The quantitative estimate of drug-likeness (QED) is 0.803. The fraction of sp³-hybridized carbons (Fsp3) is 0.438. The Morgan fingerprint density at radius 1 is 1.25 bits per heavy atom. The van der Waals surface area contributed by atoms with Gasteiger partial charge in [0.05, 0.1) is 15.9 Å². The maximum atomic E-state index is 4.54. The second-order valence-electron chi connectivity index (χ2n) is 5.14. The minimum absolute atomic E-state index is 0.911. The summed E-state index contributed by atoms with van der Waals surface area (Å²) in [6.45, 7) is 7.05. The molecule has 2 aromatic rings. The Bertz CT molecular complexity index is 548. The molecule has 0 amide bonds. The molecular formula is C16H22BrN3. The minimum Gasteiger partial charge on any atom is -0.300 e. The standard InChI is InChI=1S/C16H22BrN3/c1-4-20-15(16(17)13(2)18-20)12-19(3)11-10-14-8-6-5-7-9-14/h5-9H,4,10-12H2,1-3H3. The molecule has 0 saturated carbocycles. The summed E-state index contributed by atoms with van der Waals surface area (Å²) in [6.07, 6.45) is 1.08. The van der Waals surface area contributed by atoms with Crippen molar-refractivity contribution in [3.8, 4) is 0 Å². The maximum absolute atomic E-state index is 4.54. The van der Waals surface area contributed by atoms with Gasteiger partial charge in [0, 0.05) is 19.6 Å². The van der Waals surface area contributed by atoms with E-state index in [-0.39, 0.29) is 0 Å². The average molecular weight is 336 g/mol. The summed E-state index contributed by atoms with van der Waals surface area (Å²) in [5.41, 5.74) is 3.72. The number of halogens is 1. The third kappa shape index (κ3) is 3.70. The zero-order chi connectivity index (χ0) is 14.5. The van der Waals surface area contributed by atoms with Gasteiger partial charge in [0.2, 0.25) is 0 Å². The highest BCUT2D eigenvalue weighted by Crippen LogP contribution is 2.22. The van der Waals surface area contributed by atoms with Gasteiger partial charge >= 0.3 is 0 Å². The van der Waals surface area contributed by atoms with Gasteiger partial charge in [-0.15, -0.1) is 0 Å². The largest absolute Gasteiger partial charge is 0.300 e. The Balaban J connectivity index is 1.96. The van der Waals surface area contributed by atoms with Gasteiger partial charge in [0.15, 0.2) is 0 Å². The predicted octanol–water partition coefficient (Wildman–Crippen LogP) is 3.65. The first-order valence-corrected chi connectivity index (χ1v) is 7.85. The van der Waals surface area contributed by atoms with Crippen molar-refractivity contribution in [2.75, 3.05) is 13.6 Å². The van der Waals surface area contributed by atoms with E-state index in [0.717, 1.165) is 36.2 Å². The van der Waals surface area contributed by atoms with E-state index in [4.69, 9.17) is 0 Å². The van der Waals surface area contributed by atoms with Crippen LogP contribution in [0.2, 0.25) is 0 Å². The van der Waals surface area contributed by atoms with Gasteiger partial charge in [-0.1, -0.05) is 30.3 Å². The van der Waals surface area contributed by atoms with Crippen molar-refractivity contribution in [1.82, 2.24) is 14.7 Å². The van der Waals surface area contributed by atoms with Gasteiger partial charge in [-0.05, 0) is 48.8 Å². The van der Waals surface area contributed by atoms with E-state index < -0.39 is 0 Å². The molecule has 0 atom stereocenters. The smallest absolute Gasteiger partial charge is 0.0739 e. The first kappa shape index (κ1) is 15.3. The van der Waals surface area contributed by atoms with Crippen LogP contribution in [-0.4, -0.2) is 28.3 Å². The number of hydrogen-bond acceptors (Lipinski definition) is 2. The summed E-state index contributed by atoms with van der Waals surface area (Å²) in [5.74, 6) is 0. The number of aromatic nitrogens is 2. The molecule has 1 aromatic carbocycles. The average Bonchev–Trinajstić information content (AvgIpc) is 2.74. The second kappa shape index (κ2) is 7.04. The second-order valence-corrected chi connectivity index (χ2v) is 5.93. The van der Waals surface area contributed by atoms with Gasteiger partial charge in [-0.3, -0.25) is 4.68 Å². The van der Waals surface area contributed by atoms with Crippen molar-refractivity contribution in [1.29, 1.82) is 0 Å². The summed E-state index contributed by atoms with van der Waals surface area (Å²) in [6, 6.07) is 10.6. The van der Waals surface area contributed by atoms with E-state index in [9.17, 15) is 0 Å². The Morgan fingerprint density at radius 3 is 2.60 bits per heavy atom. The third-order valence-electron chi connectivity index (χ3n) is 3.50. The number of hydrogen-bond donors (Lipinski definition) is 0. The van der Waals surface area contributed by atoms with Crippen molar-refractivity contribution in [3.05, 3.63) is 51.8 Å². The van der Waals surface area contributed by atoms with Crippen LogP contribution in [0.5, 0.6) is 0 Å². The van der Waals surface area contributed by atoms with E-state index in [0.29, 0.717) is 0 Å². The fourth-order valence-electron chi connectivity index (χ4n) is 2.32. The lowest BCUT2D eigenvalue weighted by Gasteiger charge is -2.17. The number of benzene rings is 1. The summed E-state index contributed by atoms with van der Waals surface area (Å²) < 4.78 is 3.23. The Kier molecular flexibility index (Phi) is 5.38. The molecule has 0 fully saturated rings. The van der Waals surface area contributed by atoms with Crippen LogP contribution in [0.1, 0.15) is 23.9 Å². The fourth-order valence-corrected chi connectivity index (χ4v) is 2.73. The molecule has 0 N–H and O–H groups in total. The molecular weight excluding hydrogens is 314 g/mol. The lowest BCUT2D eigenvalue weighted by Crippen LogP contribution is -2.22. The number of aryl methyl sites for hydroxylation is 2. The molecule has 108 valence electrons. The van der Waals surface area contributed by atoms with Gasteiger partial charge in [0.25, 0.3) is 0 Å². The van der Waals surface area contributed by atoms with Crippen molar-refractivity contribution < 1.29 is 0 Å². The SMILES string of the molecule is CCn1nc(C)c(Br)c1CN(C)CCc1ccccc1. The molecule has 0 saturated heterocycles. The minimum atomic E-state index is 0.911. The van der Waals surface area contributed by atoms with E-state index in [1.165, 1.54) is 11.3 Å². The van der Waals surface area contributed by atoms with Crippen molar-refractivity contribution in [2.45, 2.75) is 33.4 Å². The molecule has 0 bridgehead atoms.